The van der Waals surface area contributed by atoms with Crippen molar-refractivity contribution < 1.29 is 9.34 Å². The Morgan fingerprint density at radius 1 is 1.71 bits per heavy atom. The molecule has 1 rings (SSSR count). The number of rotatable bonds is 3. The largest absolute Gasteiger partial charge is 0.433 e. The maximum absolute atomic E-state index is 10.2. The molecule has 8 heteroatoms. The summed E-state index contributed by atoms with van der Waals surface area (Å²) in [4.78, 5) is 9.58. The first-order valence-corrected chi connectivity index (χ1v) is 3.60. The SMILES string of the molecule is N=C(N)N(N)Cc1ccc([N+](=O)[O-])o1. The van der Waals surface area contributed by atoms with E-state index in [9.17, 15) is 10.1 Å². The molecule has 5 N–H and O–H groups in total. The van der Waals surface area contributed by atoms with E-state index in [1.165, 1.54) is 12.1 Å². The van der Waals surface area contributed by atoms with Crippen LogP contribution in [0.5, 0.6) is 0 Å². The van der Waals surface area contributed by atoms with Gasteiger partial charge in [0, 0.05) is 0 Å². The number of hydrogen-bond donors (Lipinski definition) is 3. The molecule has 1 heterocycles. The van der Waals surface area contributed by atoms with E-state index < -0.39 is 4.92 Å². The summed E-state index contributed by atoms with van der Waals surface area (Å²) in [5, 5.41) is 18.1. The van der Waals surface area contributed by atoms with E-state index in [0.717, 1.165) is 5.01 Å². The minimum Gasteiger partial charge on any atom is -0.404 e. The molecule has 8 nitrogen and oxygen atoms in total. The number of nitrogens with one attached hydrogen (secondary N) is 1. The number of hydrazine groups is 1. The van der Waals surface area contributed by atoms with Gasteiger partial charge in [-0.25, -0.2) is 5.84 Å². The van der Waals surface area contributed by atoms with Gasteiger partial charge in [0.1, 0.15) is 10.7 Å². The number of furan rings is 1. The Balaban J connectivity index is 2.69. The van der Waals surface area contributed by atoms with E-state index in [2.05, 4.69) is 0 Å². The maximum atomic E-state index is 10.2. The smallest absolute Gasteiger partial charge is 0.404 e. The van der Waals surface area contributed by atoms with Crippen LogP contribution >= 0.6 is 0 Å². The van der Waals surface area contributed by atoms with Gasteiger partial charge >= 0.3 is 5.88 Å². The number of guanidine groups is 1. The summed E-state index contributed by atoms with van der Waals surface area (Å²) >= 11 is 0. The van der Waals surface area contributed by atoms with Gasteiger partial charge in [-0.3, -0.25) is 20.5 Å². The molecule has 0 spiro atoms. The lowest BCUT2D eigenvalue weighted by Crippen LogP contribution is -2.41. The molecule has 0 saturated carbocycles. The Morgan fingerprint density at radius 2 is 2.36 bits per heavy atom. The van der Waals surface area contributed by atoms with E-state index in [4.69, 9.17) is 21.4 Å². The molecule has 14 heavy (non-hydrogen) atoms. The van der Waals surface area contributed by atoms with E-state index in [0.29, 0.717) is 0 Å². The van der Waals surface area contributed by atoms with E-state index in [1.54, 1.807) is 0 Å². The Hall–Kier alpha value is -2.09. The number of nitrogens with two attached hydrogens (primary N) is 2. The second kappa shape index (κ2) is 3.75. The van der Waals surface area contributed by atoms with E-state index >= 15 is 0 Å². The van der Waals surface area contributed by atoms with Gasteiger partial charge in [-0.15, -0.1) is 0 Å². The van der Waals surface area contributed by atoms with Crippen molar-refractivity contribution in [1.82, 2.24) is 5.01 Å². The summed E-state index contributed by atoms with van der Waals surface area (Å²) in [6.07, 6.45) is 0. The second-order valence-electron chi connectivity index (χ2n) is 2.51. The fourth-order valence-corrected chi connectivity index (χ4v) is 0.803. The molecule has 0 aliphatic rings. The molecule has 0 radical (unpaired) electrons. The molecule has 0 aromatic carbocycles. The fraction of sp³-hybridized carbons (Fsp3) is 0.167. The predicted octanol–water partition coefficient (Wildman–Crippen LogP) is -0.243. The van der Waals surface area contributed by atoms with Crippen molar-refractivity contribution in [3.05, 3.63) is 28.0 Å². The van der Waals surface area contributed by atoms with Crippen molar-refractivity contribution >= 4 is 11.8 Å². The molecule has 1 aromatic heterocycles. The Kier molecular flexibility index (Phi) is 2.67. The van der Waals surface area contributed by atoms with Gasteiger partial charge in [0.05, 0.1) is 12.6 Å². The zero-order valence-electron chi connectivity index (χ0n) is 7.14. The summed E-state index contributed by atoms with van der Waals surface area (Å²) in [6, 6.07) is 2.62. The summed E-state index contributed by atoms with van der Waals surface area (Å²) in [5.41, 5.74) is 5.06. The Morgan fingerprint density at radius 3 is 2.79 bits per heavy atom. The zero-order chi connectivity index (χ0) is 10.7. The third-order valence-electron chi connectivity index (χ3n) is 1.46. The molecule has 0 unspecified atom stereocenters. The van der Waals surface area contributed by atoms with Gasteiger partial charge in [0.15, 0.2) is 0 Å². The highest BCUT2D eigenvalue weighted by Crippen LogP contribution is 2.15. The van der Waals surface area contributed by atoms with Gasteiger partial charge in [0.2, 0.25) is 5.96 Å². The zero-order valence-corrected chi connectivity index (χ0v) is 7.14. The molecular formula is C6H9N5O3. The maximum Gasteiger partial charge on any atom is 0.433 e. The van der Waals surface area contributed by atoms with E-state index in [1.807, 2.05) is 0 Å². The molecule has 0 saturated heterocycles. The average Bonchev–Trinajstić information content (AvgIpc) is 2.52. The van der Waals surface area contributed by atoms with Crippen LogP contribution in [0, 0.1) is 15.5 Å². The fourth-order valence-electron chi connectivity index (χ4n) is 0.803. The summed E-state index contributed by atoms with van der Waals surface area (Å²) in [5.74, 6) is 4.85. The Bertz CT molecular complexity index is 360. The second-order valence-corrected chi connectivity index (χ2v) is 2.51. The normalized spacial score (nSPS) is 9.79. The third kappa shape index (κ3) is 2.20. The van der Waals surface area contributed by atoms with Crippen LogP contribution in [0.25, 0.3) is 0 Å². The highest BCUT2D eigenvalue weighted by Gasteiger charge is 2.13. The van der Waals surface area contributed by atoms with Crippen LogP contribution < -0.4 is 11.6 Å². The molecular weight excluding hydrogens is 190 g/mol. The summed E-state index contributed by atoms with van der Waals surface area (Å²) in [7, 11) is 0. The van der Waals surface area contributed by atoms with Crippen LogP contribution in [0.1, 0.15) is 5.76 Å². The lowest BCUT2D eigenvalue weighted by Gasteiger charge is -2.13. The van der Waals surface area contributed by atoms with Crippen molar-refractivity contribution in [2.24, 2.45) is 11.6 Å². The number of nitro groups is 1. The van der Waals surface area contributed by atoms with Crippen molar-refractivity contribution in [2.75, 3.05) is 0 Å². The highest BCUT2D eigenvalue weighted by molar-refractivity contribution is 5.73. The third-order valence-corrected chi connectivity index (χ3v) is 1.46. The standard InChI is InChI=1S/C6H9N5O3/c7-6(8)10(9)3-4-1-2-5(14-4)11(12)13/h1-2H,3,9H2,(H3,7,8). The van der Waals surface area contributed by atoms with Crippen LogP contribution in [-0.2, 0) is 6.54 Å². The molecule has 0 bridgehead atoms. The average molecular weight is 199 g/mol. The molecule has 0 amide bonds. The minimum atomic E-state index is -0.655. The van der Waals surface area contributed by atoms with Crippen LogP contribution in [-0.4, -0.2) is 15.9 Å². The van der Waals surface area contributed by atoms with Crippen molar-refractivity contribution in [1.29, 1.82) is 5.41 Å². The van der Waals surface area contributed by atoms with Crippen molar-refractivity contribution in [3.63, 3.8) is 0 Å². The number of nitrogens with zero attached hydrogens (tertiary/aromatic N) is 2. The summed E-state index contributed by atoms with van der Waals surface area (Å²) < 4.78 is 4.79. The summed E-state index contributed by atoms with van der Waals surface area (Å²) in [6.45, 7) is 0.0170. The van der Waals surface area contributed by atoms with Gasteiger partial charge < -0.3 is 10.2 Å². The van der Waals surface area contributed by atoms with Crippen LogP contribution in [0.15, 0.2) is 16.5 Å². The minimum absolute atomic E-state index is 0.0170. The number of hydrogen-bond acceptors (Lipinski definition) is 5. The van der Waals surface area contributed by atoms with Crippen LogP contribution in [0.2, 0.25) is 0 Å². The first-order chi connectivity index (χ1) is 6.50. The highest BCUT2D eigenvalue weighted by atomic mass is 16.6. The lowest BCUT2D eigenvalue weighted by atomic mass is 10.4. The molecule has 0 aliphatic heterocycles. The van der Waals surface area contributed by atoms with Gasteiger partial charge in [-0.2, -0.15) is 0 Å². The monoisotopic (exact) mass is 199 g/mol. The van der Waals surface area contributed by atoms with Crippen molar-refractivity contribution in [3.8, 4) is 0 Å². The van der Waals surface area contributed by atoms with Gasteiger partial charge in [0.25, 0.3) is 0 Å². The first-order valence-electron chi connectivity index (χ1n) is 3.60. The topological polar surface area (TPSA) is 135 Å². The van der Waals surface area contributed by atoms with Gasteiger partial charge in [-0.05, 0) is 6.07 Å². The quantitative estimate of drug-likeness (QED) is 0.202. The predicted molar refractivity (Wildman–Crippen MR) is 47.0 cm³/mol. The molecule has 0 fully saturated rings. The van der Waals surface area contributed by atoms with Crippen LogP contribution in [0.3, 0.4) is 0 Å². The molecule has 1 aromatic rings. The van der Waals surface area contributed by atoms with E-state index in [-0.39, 0.29) is 24.1 Å². The van der Waals surface area contributed by atoms with Crippen LogP contribution in [0.4, 0.5) is 5.88 Å². The lowest BCUT2D eigenvalue weighted by molar-refractivity contribution is -0.402. The van der Waals surface area contributed by atoms with Gasteiger partial charge in [-0.1, -0.05) is 0 Å². The molecule has 76 valence electrons. The first kappa shape index (κ1) is 9.99. The van der Waals surface area contributed by atoms with Crippen molar-refractivity contribution in [2.45, 2.75) is 6.54 Å². The molecule has 0 atom stereocenters. The Labute approximate surface area is 78.7 Å². The molecule has 0 aliphatic carbocycles.